The highest BCUT2D eigenvalue weighted by Crippen LogP contribution is 2.60. The van der Waals surface area contributed by atoms with Gasteiger partial charge in [0.2, 0.25) is 5.13 Å². The summed E-state index contributed by atoms with van der Waals surface area (Å²) in [6.45, 7) is 12.4. The van der Waals surface area contributed by atoms with E-state index in [1.54, 1.807) is 0 Å². The van der Waals surface area contributed by atoms with Crippen molar-refractivity contribution in [1.82, 2.24) is 10.2 Å². The van der Waals surface area contributed by atoms with E-state index in [9.17, 15) is 0 Å². The molecule has 0 amide bonds. The summed E-state index contributed by atoms with van der Waals surface area (Å²) in [6, 6.07) is 0. The van der Waals surface area contributed by atoms with Gasteiger partial charge in [-0.1, -0.05) is 25.9 Å². The molecule has 3 rings (SSSR count). The van der Waals surface area contributed by atoms with Crippen LogP contribution < -0.4 is 10.5 Å². The van der Waals surface area contributed by atoms with Crippen LogP contribution in [0.25, 0.3) is 0 Å². The average Bonchev–Trinajstić information content (AvgIpc) is 2.73. The minimum atomic E-state index is -1.61. The van der Waals surface area contributed by atoms with Gasteiger partial charge in [-0.2, -0.15) is 0 Å². The van der Waals surface area contributed by atoms with Gasteiger partial charge in [-0.3, -0.25) is 0 Å². The summed E-state index contributed by atoms with van der Waals surface area (Å²) in [6.07, 6.45) is 5.49. The molecule has 1 spiro atoms. The van der Waals surface area contributed by atoms with Gasteiger partial charge in [-0.05, 0) is 66.5 Å². The van der Waals surface area contributed by atoms with E-state index in [2.05, 4.69) is 44.1 Å². The standard InChI is InChI=1S/C16H29N3O2SSi/c1-15(2,3)23(4,5)21-12-8-16(9-12)6-11(7-16)10-20-14-19-18-13(17)22-14/h11-12H,6-10H2,1-5H3,(H2,17,18). The van der Waals surface area contributed by atoms with Gasteiger partial charge < -0.3 is 14.9 Å². The third-order valence-electron chi connectivity index (χ3n) is 5.90. The molecule has 0 radical (unpaired) electrons. The zero-order valence-electron chi connectivity index (χ0n) is 14.9. The van der Waals surface area contributed by atoms with Gasteiger partial charge in [-0.15, -0.1) is 5.10 Å². The van der Waals surface area contributed by atoms with E-state index in [0.29, 0.717) is 32.8 Å². The SMILES string of the molecule is CC(C)(C)[Si](C)(C)OC1CC2(CC(COc3nnc(N)s3)C2)C1. The minimum Gasteiger partial charge on any atom is -0.469 e. The number of ether oxygens (including phenoxy) is 1. The molecule has 2 fully saturated rings. The molecule has 1 aromatic rings. The number of anilines is 1. The lowest BCUT2D eigenvalue weighted by atomic mass is 9.51. The van der Waals surface area contributed by atoms with Crippen molar-refractivity contribution in [3.63, 3.8) is 0 Å². The Hall–Kier alpha value is -0.663. The Morgan fingerprint density at radius 1 is 1.22 bits per heavy atom. The largest absolute Gasteiger partial charge is 0.469 e. The fourth-order valence-electron chi connectivity index (χ4n) is 3.67. The van der Waals surface area contributed by atoms with E-state index in [4.69, 9.17) is 14.9 Å². The minimum absolute atomic E-state index is 0.301. The first-order chi connectivity index (χ1) is 10.6. The summed E-state index contributed by atoms with van der Waals surface area (Å²) in [5.41, 5.74) is 6.10. The molecule has 0 aliphatic heterocycles. The lowest BCUT2D eigenvalue weighted by Crippen LogP contribution is -2.56. The molecular formula is C16H29N3O2SSi. The normalized spacial score (nSPS) is 30.8. The van der Waals surface area contributed by atoms with Crippen LogP contribution in [0.5, 0.6) is 5.19 Å². The highest BCUT2D eigenvalue weighted by Gasteiger charge is 2.55. The van der Waals surface area contributed by atoms with Crippen molar-refractivity contribution in [3.8, 4) is 5.19 Å². The summed E-state index contributed by atoms with van der Waals surface area (Å²) >= 11 is 1.31. The summed E-state index contributed by atoms with van der Waals surface area (Å²) in [5, 5.41) is 9.03. The van der Waals surface area contributed by atoms with Gasteiger partial charge in [-0.25, -0.2) is 0 Å². The van der Waals surface area contributed by atoms with E-state index in [1.165, 1.54) is 37.0 Å². The average molecular weight is 356 g/mol. The van der Waals surface area contributed by atoms with Crippen LogP contribution in [-0.2, 0) is 4.43 Å². The topological polar surface area (TPSA) is 70.3 Å². The Morgan fingerprint density at radius 2 is 1.87 bits per heavy atom. The number of nitrogen functional groups attached to an aromatic ring is 1. The zero-order chi connectivity index (χ0) is 16.9. The third kappa shape index (κ3) is 3.56. The number of hydrogen-bond donors (Lipinski definition) is 1. The third-order valence-corrected chi connectivity index (χ3v) is 11.1. The molecule has 0 unspecified atom stereocenters. The predicted octanol–water partition coefficient (Wildman–Crippen LogP) is 4.08. The molecule has 2 N–H and O–H groups in total. The Bertz CT molecular complexity index is 556. The molecule has 1 heterocycles. The van der Waals surface area contributed by atoms with Crippen molar-refractivity contribution in [2.45, 2.75) is 70.7 Å². The van der Waals surface area contributed by atoms with Crippen molar-refractivity contribution in [3.05, 3.63) is 0 Å². The first-order valence-electron chi connectivity index (χ1n) is 8.48. The molecule has 2 aliphatic rings. The number of hydrogen-bond acceptors (Lipinski definition) is 6. The molecule has 0 saturated heterocycles. The number of nitrogens with two attached hydrogens (primary N) is 1. The van der Waals surface area contributed by atoms with Gasteiger partial charge in [0.1, 0.15) is 0 Å². The molecule has 23 heavy (non-hydrogen) atoms. The maximum Gasteiger partial charge on any atom is 0.295 e. The van der Waals surface area contributed by atoms with E-state index < -0.39 is 8.32 Å². The smallest absolute Gasteiger partial charge is 0.295 e. The Morgan fingerprint density at radius 3 is 2.39 bits per heavy atom. The van der Waals surface area contributed by atoms with Crippen LogP contribution in [0.2, 0.25) is 18.1 Å². The lowest BCUT2D eigenvalue weighted by molar-refractivity contribution is -0.112. The molecule has 5 nitrogen and oxygen atoms in total. The van der Waals surface area contributed by atoms with E-state index in [0.717, 1.165) is 6.61 Å². The van der Waals surface area contributed by atoms with Gasteiger partial charge >= 0.3 is 0 Å². The van der Waals surface area contributed by atoms with Crippen LogP contribution in [0, 0.1) is 11.3 Å². The quantitative estimate of drug-likeness (QED) is 0.806. The van der Waals surface area contributed by atoms with Crippen LogP contribution in [0.15, 0.2) is 0 Å². The van der Waals surface area contributed by atoms with Crippen molar-refractivity contribution in [1.29, 1.82) is 0 Å². The second-order valence-corrected chi connectivity index (χ2v) is 14.6. The molecule has 1 aromatic heterocycles. The molecule has 0 aromatic carbocycles. The molecule has 2 aliphatic carbocycles. The molecule has 130 valence electrons. The van der Waals surface area contributed by atoms with E-state index in [-0.39, 0.29) is 0 Å². The molecule has 0 bridgehead atoms. The predicted molar refractivity (Wildman–Crippen MR) is 96.3 cm³/mol. The molecular weight excluding hydrogens is 326 g/mol. The van der Waals surface area contributed by atoms with Crippen molar-refractivity contribution in [2.24, 2.45) is 11.3 Å². The van der Waals surface area contributed by atoms with Gasteiger partial charge in [0.25, 0.3) is 5.19 Å². The van der Waals surface area contributed by atoms with Crippen LogP contribution in [0.1, 0.15) is 46.5 Å². The molecule has 7 heteroatoms. The van der Waals surface area contributed by atoms with E-state index >= 15 is 0 Å². The summed E-state index contributed by atoms with van der Waals surface area (Å²) in [7, 11) is -1.61. The number of aromatic nitrogens is 2. The first-order valence-corrected chi connectivity index (χ1v) is 12.2. The fraction of sp³-hybridized carbons (Fsp3) is 0.875. The van der Waals surface area contributed by atoms with Crippen LogP contribution in [-0.4, -0.2) is 31.2 Å². The number of nitrogens with zero attached hydrogens (tertiary/aromatic N) is 2. The second-order valence-electron chi connectivity index (χ2n) is 8.90. The Kier molecular flexibility index (Phi) is 4.26. The van der Waals surface area contributed by atoms with Crippen LogP contribution >= 0.6 is 11.3 Å². The fourth-order valence-corrected chi connectivity index (χ4v) is 5.49. The van der Waals surface area contributed by atoms with Gasteiger partial charge in [0.05, 0.1) is 6.61 Å². The van der Waals surface area contributed by atoms with E-state index in [1.807, 2.05) is 0 Å². The summed E-state index contributed by atoms with van der Waals surface area (Å²) in [4.78, 5) is 0. The Balaban J connectivity index is 1.38. The lowest BCUT2D eigenvalue weighted by Gasteiger charge is -2.59. The van der Waals surface area contributed by atoms with Crippen molar-refractivity contribution < 1.29 is 9.16 Å². The zero-order valence-corrected chi connectivity index (χ0v) is 16.7. The maximum atomic E-state index is 6.51. The van der Waals surface area contributed by atoms with Crippen molar-refractivity contribution in [2.75, 3.05) is 12.3 Å². The van der Waals surface area contributed by atoms with Crippen molar-refractivity contribution >= 4 is 24.8 Å². The van der Waals surface area contributed by atoms with Crippen LogP contribution in [0.4, 0.5) is 5.13 Å². The first kappa shape index (κ1) is 17.2. The molecule has 2 saturated carbocycles. The Labute approximate surface area is 144 Å². The highest BCUT2D eigenvalue weighted by molar-refractivity contribution is 7.16. The monoisotopic (exact) mass is 355 g/mol. The van der Waals surface area contributed by atoms with Crippen LogP contribution in [0.3, 0.4) is 0 Å². The highest BCUT2D eigenvalue weighted by atomic mass is 32.1. The molecule has 0 atom stereocenters. The van der Waals surface area contributed by atoms with Gasteiger partial charge in [0.15, 0.2) is 8.32 Å². The second kappa shape index (κ2) is 5.70. The van der Waals surface area contributed by atoms with Gasteiger partial charge in [0, 0.05) is 6.10 Å². The summed E-state index contributed by atoms with van der Waals surface area (Å²) in [5.74, 6) is 0.647. The summed E-state index contributed by atoms with van der Waals surface area (Å²) < 4.78 is 12.2. The maximum absolute atomic E-state index is 6.51. The number of rotatable bonds is 5.